The topological polar surface area (TPSA) is 73.1 Å². The molecule has 0 bridgehead atoms. The van der Waals surface area contributed by atoms with Crippen LogP contribution in [0.25, 0.3) is 11.4 Å². The van der Waals surface area contributed by atoms with Crippen LogP contribution in [-0.2, 0) is 16.1 Å². The molecule has 2 heterocycles. The smallest absolute Gasteiger partial charge is 0.222 e. The normalized spacial score (nSPS) is 17.6. The zero-order valence-corrected chi connectivity index (χ0v) is 14.7. The molecule has 7 nitrogen and oxygen atoms in total. The van der Waals surface area contributed by atoms with Crippen LogP contribution in [0.5, 0.6) is 0 Å². The van der Waals surface area contributed by atoms with Gasteiger partial charge in [-0.15, -0.1) is 10.2 Å². The van der Waals surface area contributed by atoms with Crippen molar-refractivity contribution in [1.82, 2.24) is 25.1 Å². The monoisotopic (exact) mass is 343 g/mol. The molecule has 1 aliphatic rings. The lowest BCUT2D eigenvalue weighted by Crippen LogP contribution is -2.43. The molecule has 134 valence electrons. The Morgan fingerprint density at radius 1 is 1.32 bits per heavy atom. The van der Waals surface area contributed by atoms with Crippen molar-refractivity contribution in [3.05, 3.63) is 30.3 Å². The lowest BCUT2D eigenvalue weighted by Gasteiger charge is -2.32. The van der Waals surface area contributed by atoms with E-state index < -0.39 is 0 Å². The summed E-state index contributed by atoms with van der Waals surface area (Å²) < 4.78 is 5.66. The van der Waals surface area contributed by atoms with Gasteiger partial charge in [-0.05, 0) is 31.4 Å². The fraction of sp³-hybridized carbons (Fsp3) is 0.556. The van der Waals surface area contributed by atoms with Gasteiger partial charge in [0.05, 0.1) is 12.6 Å². The van der Waals surface area contributed by atoms with Gasteiger partial charge >= 0.3 is 0 Å². The summed E-state index contributed by atoms with van der Waals surface area (Å²) in [6.07, 6.45) is 3.46. The molecule has 0 N–H and O–H groups in total. The first kappa shape index (κ1) is 17.5. The second kappa shape index (κ2) is 8.71. The first-order valence-electron chi connectivity index (χ1n) is 8.99. The number of hydrogen-bond acceptors (Lipinski definition) is 5. The molecule has 2 aromatic rings. The van der Waals surface area contributed by atoms with Crippen molar-refractivity contribution >= 4 is 5.91 Å². The third-order valence-electron chi connectivity index (χ3n) is 4.37. The molecule has 1 fully saturated rings. The van der Waals surface area contributed by atoms with Gasteiger partial charge in [0.2, 0.25) is 11.7 Å². The number of piperidine rings is 1. The maximum atomic E-state index is 12.4. The summed E-state index contributed by atoms with van der Waals surface area (Å²) in [5, 5.41) is 12.5. The summed E-state index contributed by atoms with van der Waals surface area (Å²) in [5.74, 6) is 0.801. The van der Waals surface area contributed by atoms with E-state index in [0.717, 1.165) is 24.9 Å². The fourth-order valence-electron chi connectivity index (χ4n) is 3.11. The van der Waals surface area contributed by atoms with Gasteiger partial charge in [-0.25, -0.2) is 0 Å². The van der Waals surface area contributed by atoms with E-state index in [1.807, 2.05) is 42.2 Å². The van der Waals surface area contributed by atoms with Crippen molar-refractivity contribution in [2.75, 3.05) is 19.7 Å². The Bertz CT molecular complexity index is 671. The van der Waals surface area contributed by atoms with E-state index in [-0.39, 0.29) is 12.0 Å². The van der Waals surface area contributed by atoms with E-state index >= 15 is 0 Å². The zero-order chi connectivity index (χ0) is 17.5. The van der Waals surface area contributed by atoms with Crippen LogP contribution in [0.3, 0.4) is 0 Å². The number of aromatic nitrogens is 4. The molecule has 1 saturated heterocycles. The Kier molecular flexibility index (Phi) is 6.11. The quantitative estimate of drug-likeness (QED) is 0.770. The van der Waals surface area contributed by atoms with Crippen LogP contribution < -0.4 is 0 Å². The molecule has 3 rings (SSSR count). The molecule has 1 aromatic carbocycles. The number of tetrazole rings is 1. The van der Waals surface area contributed by atoms with Crippen LogP contribution in [0.1, 0.15) is 32.6 Å². The SMILES string of the molecule is CCO[C@@H]1CCCN(C(=O)CCCn2nnc(-c3ccccc3)n2)C1. The highest BCUT2D eigenvalue weighted by molar-refractivity contribution is 5.76. The molecule has 0 radical (unpaired) electrons. The van der Waals surface area contributed by atoms with E-state index in [0.29, 0.717) is 38.4 Å². The molecular formula is C18H25N5O2. The van der Waals surface area contributed by atoms with Crippen LogP contribution >= 0.6 is 0 Å². The molecule has 0 unspecified atom stereocenters. The van der Waals surface area contributed by atoms with Crippen molar-refractivity contribution in [3.63, 3.8) is 0 Å². The molecular weight excluding hydrogens is 318 g/mol. The van der Waals surface area contributed by atoms with Crippen LogP contribution in [0.4, 0.5) is 0 Å². The van der Waals surface area contributed by atoms with Crippen molar-refractivity contribution in [1.29, 1.82) is 0 Å². The first-order valence-corrected chi connectivity index (χ1v) is 8.99. The van der Waals surface area contributed by atoms with Gasteiger partial charge in [0.15, 0.2) is 0 Å². The summed E-state index contributed by atoms with van der Waals surface area (Å²) in [7, 11) is 0. The van der Waals surface area contributed by atoms with Gasteiger partial charge in [-0.2, -0.15) is 4.80 Å². The van der Waals surface area contributed by atoms with Gasteiger partial charge in [-0.3, -0.25) is 4.79 Å². The van der Waals surface area contributed by atoms with Gasteiger partial charge < -0.3 is 9.64 Å². The van der Waals surface area contributed by atoms with Gasteiger partial charge in [0, 0.05) is 31.7 Å². The van der Waals surface area contributed by atoms with Crippen LogP contribution in [0.2, 0.25) is 0 Å². The van der Waals surface area contributed by atoms with Crippen molar-refractivity contribution in [2.45, 2.75) is 45.3 Å². The molecule has 1 atom stereocenters. The maximum absolute atomic E-state index is 12.4. The predicted molar refractivity (Wildman–Crippen MR) is 93.7 cm³/mol. The van der Waals surface area contributed by atoms with Crippen molar-refractivity contribution < 1.29 is 9.53 Å². The van der Waals surface area contributed by atoms with Gasteiger partial charge in [0.1, 0.15) is 0 Å². The fourth-order valence-corrected chi connectivity index (χ4v) is 3.11. The first-order chi connectivity index (χ1) is 12.3. The van der Waals surface area contributed by atoms with Crippen LogP contribution in [0, 0.1) is 0 Å². The molecule has 1 amide bonds. The van der Waals surface area contributed by atoms with Gasteiger partial charge in [-0.1, -0.05) is 30.3 Å². The summed E-state index contributed by atoms with van der Waals surface area (Å²) in [4.78, 5) is 15.9. The highest BCUT2D eigenvalue weighted by Gasteiger charge is 2.23. The Labute approximate surface area is 148 Å². The Morgan fingerprint density at radius 3 is 2.96 bits per heavy atom. The van der Waals surface area contributed by atoms with Crippen LogP contribution in [0.15, 0.2) is 30.3 Å². The highest BCUT2D eigenvalue weighted by atomic mass is 16.5. The summed E-state index contributed by atoms with van der Waals surface area (Å²) in [6.45, 7) is 4.84. The van der Waals surface area contributed by atoms with E-state index in [9.17, 15) is 4.79 Å². The second-order valence-electron chi connectivity index (χ2n) is 6.24. The largest absolute Gasteiger partial charge is 0.377 e. The third kappa shape index (κ3) is 4.85. The lowest BCUT2D eigenvalue weighted by atomic mass is 10.1. The molecule has 0 aliphatic carbocycles. The lowest BCUT2D eigenvalue weighted by molar-refractivity contribution is -0.135. The maximum Gasteiger partial charge on any atom is 0.222 e. The minimum absolute atomic E-state index is 0.188. The summed E-state index contributed by atoms with van der Waals surface area (Å²) >= 11 is 0. The average molecular weight is 343 g/mol. The standard InChI is InChI=1S/C18H25N5O2/c1-2-25-16-10-6-12-22(14-16)17(24)11-7-13-23-20-18(19-21-23)15-8-4-3-5-9-15/h3-5,8-9,16H,2,6-7,10-14H2,1H3/t16-/m1/s1. The number of amides is 1. The Hall–Kier alpha value is -2.28. The summed E-state index contributed by atoms with van der Waals surface area (Å²) in [6, 6.07) is 9.76. The van der Waals surface area contributed by atoms with E-state index in [4.69, 9.17) is 4.74 Å². The predicted octanol–water partition coefficient (Wildman–Crippen LogP) is 2.15. The highest BCUT2D eigenvalue weighted by Crippen LogP contribution is 2.15. The van der Waals surface area contributed by atoms with Crippen molar-refractivity contribution in [3.8, 4) is 11.4 Å². The molecule has 0 spiro atoms. The number of hydrogen-bond donors (Lipinski definition) is 0. The number of carbonyl (C=O) groups excluding carboxylic acids is 1. The van der Waals surface area contributed by atoms with E-state index in [2.05, 4.69) is 15.4 Å². The summed E-state index contributed by atoms with van der Waals surface area (Å²) in [5.41, 5.74) is 0.945. The second-order valence-corrected chi connectivity index (χ2v) is 6.24. The molecule has 1 aromatic heterocycles. The number of benzene rings is 1. The molecule has 0 saturated carbocycles. The number of rotatable bonds is 7. The van der Waals surface area contributed by atoms with Crippen molar-refractivity contribution in [2.24, 2.45) is 0 Å². The Balaban J connectivity index is 1.45. The van der Waals surface area contributed by atoms with Gasteiger partial charge in [0.25, 0.3) is 0 Å². The Morgan fingerprint density at radius 2 is 2.16 bits per heavy atom. The third-order valence-corrected chi connectivity index (χ3v) is 4.37. The van der Waals surface area contributed by atoms with E-state index in [1.165, 1.54) is 0 Å². The number of nitrogens with zero attached hydrogens (tertiary/aromatic N) is 5. The molecule has 7 heteroatoms. The average Bonchev–Trinajstić information content (AvgIpc) is 3.12. The minimum Gasteiger partial charge on any atom is -0.377 e. The molecule has 1 aliphatic heterocycles. The minimum atomic E-state index is 0.188. The number of ether oxygens (including phenoxy) is 1. The number of carbonyl (C=O) groups is 1. The zero-order valence-electron chi connectivity index (χ0n) is 14.7. The number of likely N-dealkylation sites (tertiary alicyclic amines) is 1. The van der Waals surface area contributed by atoms with E-state index in [1.54, 1.807) is 4.80 Å². The van der Waals surface area contributed by atoms with Crippen LogP contribution in [-0.4, -0.2) is 56.8 Å². The molecule has 25 heavy (non-hydrogen) atoms. The number of aryl methyl sites for hydroxylation is 1.